The van der Waals surface area contributed by atoms with Crippen molar-refractivity contribution < 1.29 is 47.7 Å². The molecule has 5 aromatic carbocycles. The van der Waals surface area contributed by atoms with Gasteiger partial charge in [-0.15, -0.1) is 11.8 Å². The molecule has 382 valence electrons. The van der Waals surface area contributed by atoms with E-state index in [1.165, 1.54) is 11.8 Å². The third kappa shape index (κ3) is 17.5. The fourth-order valence-electron chi connectivity index (χ4n) is 7.98. The average molecular weight is 1000 g/mol. The van der Waals surface area contributed by atoms with Gasteiger partial charge in [0.15, 0.2) is 5.78 Å². The second kappa shape index (κ2) is 26.6. The number of carbonyl (C=O) groups is 6. The first-order chi connectivity index (χ1) is 34.3. The number of rotatable bonds is 25. The summed E-state index contributed by atoms with van der Waals surface area (Å²) >= 11 is 1.42. The van der Waals surface area contributed by atoms with Crippen molar-refractivity contribution in [2.45, 2.75) is 121 Å². The highest BCUT2D eigenvalue weighted by Crippen LogP contribution is 2.48. The fourth-order valence-corrected chi connectivity index (χ4v) is 9.53. The molecule has 0 aromatic heterocycles. The minimum absolute atomic E-state index is 0.0339. The molecule has 0 saturated carbocycles. The Morgan fingerprint density at radius 3 is 1.61 bits per heavy atom. The number of benzene rings is 5. The molecule has 14 heteroatoms. The van der Waals surface area contributed by atoms with Crippen LogP contribution in [0.2, 0.25) is 0 Å². The molecule has 13 nitrogen and oxygen atoms in total. The maximum atomic E-state index is 14.9. The van der Waals surface area contributed by atoms with Crippen LogP contribution < -0.4 is 21.1 Å². The lowest BCUT2D eigenvalue weighted by Gasteiger charge is -2.36. The van der Waals surface area contributed by atoms with Crippen LogP contribution in [-0.2, 0) is 56.0 Å². The maximum absolute atomic E-state index is 14.9. The summed E-state index contributed by atoms with van der Waals surface area (Å²) in [5.41, 5.74) is 8.72. The molecular weight excluding hydrogens is 931 g/mol. The molecule has 4 atom stereocenters. The number of alkyl carbamates (subject to hydrolysis) is 1. The van der Waals surface area contributed by atoms with Crippen LogP contribution in [0.4, 0.5) is 4.79 Å². The molecule has 2 amide bonds. The van der Waals surface area contributed by atoms with Crippen LogP contribution in [0.15, 0.2) is 146 Å². The normalized spacial score (nSPS) is 13.3. The fraction of sp³-hybridized carbons (Fsp3) is 0.379. The predicted octanol–water partition coefficient (Wildman–Crippen LogP) is 9.46. The van der Waals surface area contributed by atoms with Crippen molar-refractivity contribution in [3.8, 4) is 5.75 Å². The summed E-state index contributed by atoms with van der Waals surface area (Å²) in [4.78, 5) is 84.2. The number of nitrogens with two attached hydrogens (primary N) is 1. The molecule has 0 unspecified atom stereocenters. The van der Waals surface area contributed by atoms with Crippen molar-refractivity contribution in [1.82, 2.24) is 10.6 Å². The lowest BCUT2D eigenvalue weighted by Crippen LogP contribution is -2.49. The van der Waals surface area contributed by atoms with E-state index in [2.05, 4.69) is 10.6 Å². The number of hydrogen-bond acceptors (Lipinski definition) is 12. The van der Waals surface area contributed by atoms with Crippen molar-refractivity contribution >= 4 is 47.3 Å². The largest absolute Gasteiger partial charge is 0.494 e. The monoisotopic (exact) mass is 999 g/mol. The number of carbonyl (C=O) groups excluding carboxylic acids is 6. The number of thioether (sulfide) groups is 1. The Kier molecular flexibility index (Phi) is 20.8. The predicted molar refractivity (Wildman–Crippen MR) is 280 cm³/mol. The summed E-state index contributed by atoms with van der Waals surface area (Å²) in [5, 5.41) is 5.48. The summed E-state index contributed by atoms with van der Waals surface area (Å²) in [6.45, 7) is 12.3. The van der Waals surface area contributed by atoms with Crippen LogP contribution in [0.25, 0.3) is 0 Å². The molecule has 0 spiro atoms. The smallest absolute Gasteiger partial charge is 0.408 e. The Hall–Kier alpha value is -6.77. The van der Waals surface area contributed by atoms with Gasteiger partial charge in [-0.25, -0.2) is 9.59 Å². The molecular formula is C58H69N3O10S. The quantitative estimate of drug-likeness (QED) is 0.0286. The number of ketones is 2. The Morgan fingerprint density at radius 1 is 0.597 bits per heavy atom. The summed E-state index contributed by atoms with van der Waals surface area (Å²) in [7, 11) is 0. The molecule has 5 aromatic rings. The van der Waals surface area contributed by atoms with Gasteiger partial charge >= 0.3 is 18.0 Å². The first-order valence-electron chi connectivity index (χ1n) is 24.3. The molecule has 0 bridgehead atoms. The van der Waals surface area contributed by atoms with Crippen LogP contribution in [0.1, 0.15) is 102 Å². The second-order valence-corrected chi connectivity index (χ2v) is 20.7. The lowest BCUT2D eigenvalue weighted by molar-refractivity contribution is -0.157. The van der Waals surface area contributed by atoms with E-state index in [9.17, 15) is 28.8 Å². The van der Waals surface area contributed by atoms with Gasteiger partial charge in [0.1, 0.15) is 35.4 Å². The van der Waals surface area contributed by atoms with E-state index in [4.69, 9.17) is 24.7 Å². The van der Waals surface area contributed by atoms with Crippen molar-refractivity contribution in [2.75, 3.05) is 12.4 Å². The molecule has 0 aliphatic rings. The van der Waals surface area contributed by atoms with Crippen molar-refractivity contribution in [1.29, 1.82) is 0 Å². The SMILES string of the molecule is CCOc1ccc(COC(=O)[C@H](CSC(c2ccccc2)(c2ccccc2)c2ccccc2)NC(=O)[C@H](CC(=O)OC(C)(C)C)CC(=O)[C@H](CCC(=O)[C@@H](N)Cc2ccccc2)NC(=O)OC(C)(C)C)cc1. The number of nitrogens with one attached hydrogen (secondary N) is 2. The minimum Gasteiger partial charge on any atom is -0.494 e. The highest BCUT2D eigenvalue weighted by molar-refractivity contribution is 8.00. The van der Waals surface area contributed by atoms with Crippen LogP contribution in [0.3, 0.4) is 0 Å². The molecule has 0 aliphatic heterocycles. The topological polar surface area (TPSA) is 189 Å². The van der Waals surface area contributed by atoms with Crippen molar-refractivity contribution in [3.63, 3.8) is 0 Å². The van der Waals surface area contributed by atoms with E-state index in [1.54, 1.807) is 65.8 Å². The van der Waals surface area contributed by atoms with E-state index in [0.29, 0.717) is 17.9 Å². The Balaban J connectivity index is 1.49. The van der Waals surface area contributed by atoms with E-state index in [-0.39, 0.29) is 37.4 Å². The average Bonchev–Trinajstić information content (AvgIpc) is 3.34. The van der Waals surface area contributed by atoms with Crippen molar-refractivity contribution in [3.05, 3.63) is 173 Å². The maximum Gasteiger partial charge on any atom is 0.408 e. The number of esters is 2. The van der Waals surface area contributed by atoms with Gasteiger partial charge in [-0.1, -0.05) is 133 Å². The van der Waals surface area contributed by atoms with Gasteiger partial charge in [0.25, 0.3) is 0 Å². The van der Waals surface area contributed by atoms with Gasteiger partial charge in [0.2, 0.25) is 5.91 Å². The first kappa shape index (κ1) is 56.1. The highest BCUT2D eigenvalue weighted by Gasteiger charge is 2.40. The zero-order valence-electron chi connectivity index (χ0n) is 42.4. The number of amides is 2. The van der Waals surface area contributed by atoms with Gasteiger partial charge in [-0.05, 0) is 101 Å². The van der Waals surface area contributed by atoms with Gasteiger partial charge in [0.05, 0.1) is 35.8 Å². The molecule has 0 heterocycles. The first-order valence-corrected chi connectivity index (χ1v) is 25.3. The summed E-state index contributed by atoms with van der Waals surface area (Å²) in [5.74, 6) is -4.12. The van der Waals surface area contributed by atoms with Gasteiger partial charge in [-0.2, -0.15) is 0 Å². The molecule has 0 radical (unpaired) electrons. The van der Waals surface area contributed by atoms with Crippen molar-refractivity contribution in [2.24, 2.45) is 11.7 Å². The molecule has 4 N–H and O–H groups in total. The van der Waals surface area contributed by atoms with Gasteiger partial charge in [-0.3, -0.25) is 19.2 Å². The van der Waals surface area contributed by atoms with E-state index in [1.807, 2.05) is 128 Å². The van der Waals surface area contributed by atoms with Crippen LogP contribution in [0.5, 0.6) is 5.75 Å². The van der Waals surface area contributed by atoms with E-state index >= 15 is 0 Å². The second-order valence-electron chi connectivity index (χ2n) is 19.5. The third-order valence-corrected chi connectivity index (χ3v) is 13.0. The minimum atomic E-state index is -1.40. The highest BCUT2D eigenvalue weighted by atomic mass is 32.2. The van der Waals surface area contributed by atoms with Gasteiger partial charge in [0, 0.05) is 18.6 Å². The number of hydrogen-bond donors (Lipinski definition) is 3. The Bertz CT molecular complexity index is 2430. The van der Waals surface area contributed by atoms with Gasteiger partial charge < -0.3 is 35.3 Å². The standard InChI is InChI=1S/C58H69N3O10S/c1-8-68-46-31-29-41(30-32-46)38-69-54(66)49(39-72-58(43-23-15-10-16-24-43,44-25-17-11-18-26-44)45-27-19-12-20-28-45)60-53(65)42(37-52(64)70-56(2,3)4)36-51(63)48(61-55(67)71-57(5,6)7)33-34-50(62)47(59)35-40-21-13-9-14-22-40/h9-32,42,47-49H,8,33-39,59H2,1-7H3,(H,60,65)(H,61,67)/t42-,47-,48-,49-/m0/s1. The van der Waals surface area contributed by atoms with E-state index < -0.39 is 82.6 Å². The van der Waals surface area contributed by atoms with Crippen LogP contribution in [0, 0.1) is 5.92 Å². The zero-order valence-corrected chi connectivity index (χ0v) is 43.2. The summed E-state index contributed by atoms with van der Waals surface area (Å²) in [6, 6.07) is 42.3. The van der Waals surface area contributed by atoms with Crippen LogP contribution in [-0.4, -0.2) is 77.2 Å². The van der Waals surface area contributed by atoms with Crippen LogP contribution >= 0.6 is 11.8 Å². The Morgan fingerprint density at radius 2 is 1.11 bits per heavy atom. The molecule has 0 fully saturated rings. The molecule has 0 aliphatic carbocycles. The Labute approximate surface area is 428 Å². The molecule has 5 rings (SSSR count). The molecule has 0 saturated heterocycles. The lowest BCUT2D eigenvalue weighted by atomic mass is 9.84. The third-order valence-electron chi connectivity index (χ3n) is 11.3. The number of ether oxygens (including phenoxy) is 4. The summed E-state index contributed by atoms with van der Waals surface area (Å²) in [6.07, 6.45) is -2.15. The zero-order chi connectivity index (χ0) is 52.3. The number of Topliss-reactive ketones (excluding diaryl/α,β-unsaturated/α-hetero) is 2. The van der Waals surface area contributed by atoms with E-state index in [0.717, 1.165) is 22.3 Å². The summed E-state index contributed by atoms with van der Waals surface area (Å²) < 4.78 is 21.8. The molecule has 72 heavy (non-hydrogen) atoms.